The Morgan fingerprint density at radius 1 is 1.43 bits per heavy atom. The van der Waals surface area contributed by atoms with E-state index >= 15 is 0 Å². The summed E-state index contributed by atoms with van der Waals surface area (Å²) in [6.45, 7) is 5.63. The van der Waals surface area contributed by atoms with Crippen molar-refractivity contribution in [3.63, 3.8) is 0 Å². The van der Waals surface area contributed by atoms with E-state index < -0.39 is 5.60 Å². The van der Waals surface area contributed by atoms with E-state index in [2.05, 4.69) is 27.9 Å². The molecule has 2 atom stereocenters. The summed E-state index contributed by atoms with van der Waals surface area (Å²) in [7, 11) is 0. The Morgan fingerprint density at radius 3 is 2.50 bits per heavy atom. The maximum Gasteiger partial charge on any atom is 0.407 e. The molecule has 0 heterocycles. The number of alkyl carbamates (subject to hydrolysis) is 1. The second-order valence-electron chi connectivity index (χ2n) is 4.70. The van der Waals surface area contributed by atoms with Gasteiger partial charge in [-0.3, -0.25) is 0 Å². The molecule has 0 bridgehead atoms. The van der Waals surface area contributed by atoms with Crippen LogP contribution >= 0.6 is 22.6 Å². The Labute approximate surface area is 99.1 Å². The van der Waals surface area contributed by atoms with Crippen molar-refractivity contribution in [2.45, 2.75) is 55.6 Å². The van der Waals surface area contributed by atoms with Crippen molar-refractivity contribution in [3.05, 3.63) is 0 Å². The van der Waals surface area contributed by atoms with Gasteiger partial charge in [0.25, 0.3) is 0 Å². The van der Waals surface area contributed by atoms with Gasteiger partial charge in [-0.15, -0.1) is 0 Å². The summed E-state index contributed by atoms with van der Waals surface area (Å²) in [6.07, 6.45) is 3.19. The summed E-state index contributed by atoms with van der Waals surface area (Å²) < 4.78 is 5.75. The summed E-state index contributed by atoms with van der Waals surface area (Å²) in [5.41, 5.74) is -0.399. The summed E-state index contributed by atoms with van der Waals surface area (Å²) in [5, 5.41) is 2.92. The zero-order valence-electron chi connectivity index (χ0n) is 8.97. The molecule has 1 amide bonds. The quantitative estimate of drug-likeness (QED) is 0.597. The van der Waals surface area contributed by atoms with E-state index in [-0.39, 0.29) is 6.09 Å². The van der Waals surface area contributed by atoms with Crippen molar-refractivity contribution >= 4 is 28.7 Å². The standard InChI is InChI=1S/C10H18INO2/c1-10(2,3)14-9(13)12-8-6-4-5-7(8)11/h7-8H,4-6H2,1-3H3,(H,12,13)/t7-,8-/m0/s1. The normalized spacial score (nSPS) is 27.4. The third kappa shape index (κ3) is 4.02. The van der Waals surface area contributed by atoms with Gasteiger partial charge in [-0.25, -0.2) is 4.79 Å². The summed E-state index contributed by atoms with van der Waals surface area (Å²) >= 11 is 2.39. The van der Waals surface area contributed by atoms with E-state index in [0.717, 1.165) is 6.42 Å². The molecular weight excluding hydrogens is 293 g/mol. The first-order valence-electron chi connectivity index (χ1n) is 5.02. The molecule has 1 fully saturated rings. The lowest BCUT2D eigenvalue weighted by Gasteiger charge is -2.22. The highest BCUT2D eigenvalue weighted by atomic mass is 127. The predicted octanol–water partition coefficient (Wildman–Crippen LogP) is 2.87. The molecule has 0 aromatic carbocycles. The van der Waals surface area contributed by atoms with Gasteiger partial charge < -0.3 is 10.1 Å². The SMILES string of the molecule is CC(C)(C)OC(=O)N[C@H]1CCC[C@@H]1I. The number of hydrogen-bond donors (Lipinski definition) is 1. The van der Waals surface area contributed by atoms with Crippen molar-refractivity contribution in [2.75, 3.05) is 0 Å². The van der Waals surface area contributed by atoms with Crippen LogP contribution in [0.5, 0.6) is 0 Å². The largest absolute Gasteiger partial charge is 0.444 e. The average Bonchev–Trinajstić information content (AvgIpc) is 2.32. The lowest BCUT2D eigenvalue weighted by atomic mass is 10.2. The molecule has 0 saturated heterocycles. The van der Waals surface area contributed by atoms with Gasteiger partial charge in [0.05, 0.1) is 0 Å². The van der Waals surface area contributed by atoms with E-state index in [1.54, 1.807) is 0 Å². The second kappa shape index (κ2) is 4.68. The van der Waals surface area contributed by atoms with Gasteiger partial charge in [0.15, 0.2) is 0 Å². The number of alkyl halides is 1. The Hall–Kier alpha value is 0. The Morgan fingerprint density at radius 2 is 2.07 bits per heavy atom. The van der Waals surface area contributed by atoms with Crippen molar-refractivity contribution in [1.82, 2.24) is 5.32 Å². The zero-order chi connectivity index (χ0) is 10.8. The fraction of sp³-hybridized carbons (Fsp3) is 0.900. The Bertz CT molecular complexity index is 213. The molecule has 0 spiro atoms. The third-order valence-electron chi connectivity index (χ3n) is 2.13. The topological polar surface area (TPSA) is 38.3 Å². The second-order valence-corrected chi connectivity index (χ2v) is 6.30. The van der Waals surface area contributed by atoms with Gasteiger partial charge in [-0.1, -0.05) is 29.0 Å². The summed E-state index contributed by atoms with van der Waals surface area (Å²) in [5.74, 6) is 0. The van der Waals surface area contributed by atoms with Crippen LogP contribution in [0.1, 0.15) is 40.0 Å². The highest BCUT2D eigenvalue weighted by Crippen LogP contribution is 2.26. The van der Waals surface area contributed by atoms with Crippen LogP contribution in [-0.4, -0.2) is 21.7 Å². The minimum absolute atomic E-state index is 0.286. The van der Waals surface area contributed by atoms with Crippen LogP contribution in [0.4, 0.5) is 4.79 Å². The average molecular weight is 311 g/mol. The lowest BCUT2D eigenvalue weighted by molar-refractivity contribution is 0.0507. The van der Waals surface area contributed by atoms with Crippen LogP contribution in [0.3, 0.4) is 0 Å². The van der Waals surface area contributed by atoms with Gasteiger partial charge >= 0.3 is 6.09 Å². The number of hydrogen-bond acceptors (Lipinski definition) is 2. The van der Waals surface area contributed by atoms with Gasteiger partial charge in [-0.2, -0.15) is 0 Å². The highest BCUT2D eigenvalue weighted by Gasteiger charge is 2.27. The first-order chi connectivity index (χ1) is 6.38. The van der Waals surface area contributed by atoms with Crippen LogP contribution in [-0.2, 0) is 4.74 Å². The number of carbonyl (C=O) groups excluding carboxylic acids is 1. The maximum absolute atomic E-state index is 11.4. The molecule has 1 saturated carbocycles. The van der Waals surface area contributed by atoms with Gasteiger partial charge in [0, 0.05) is 9.97 Å². The van der Waals surface area contributed by atoms with Crippen LogP contribution in [0.15, 0.2) is 0 Å². The fourth-order valence-corrected chi connectivity index (χ4v) is 2.52. The Kier molecular flexibility index (Phi) is 4.04. The molecule has 3 nitrogen and oxygen atoms in total. The highest BCUT2D eigenvalue weighted by molar-refractivity contribution is 14.1. The van der Waals surface area contributed by atoms with Crippen molar-refractivity contribution < 1.29 is 9.53 Å². The van der Waals surface area contributed by atoms with Crippen LogP contribution in [0.25, 0.3) is 0 Å². The number of amides is 1. The Balaban J connectivity index is 2.33. The van der Waals surface area contributed by atoms with Crippen molar-refractivity contribution in [2.24, 2.45) is 0 Å². The molecule has 14 heavy (non-hydrogen) atoms. The number of nitrogens with one attached hydrogen (secondary N) is 1. The smallest absolute Gasteiger partial charge is 0.407 e. The van der Waals surface area contributed by atoms with Crippen molar-refractivity contribution in [3.8, 4) is 0 Å². The fourth-order valence-electron chi connectivity index (χ4n) is 1.54. The molecule has 1 N–H and O–H groups in total. The molecule has 1 rings (SSSR count). The molecule has 0 radical (unpaired) electrons. The maximum atomic E-state index is 11.4. The van der Waals surface area contributed by atoms with Gasteiger partial charge in [-0.05, 0) is 33.6 Å². The number of ether oxygens (including phenoxy) is 1. The lowest BCUT2D eigenvalue weighted by Crippen LogP contribution is -2.41. The first-order valence-corrected chi connectivity index (χ1v) is 6.26. The predicted molar refractivity (Wildman–Crippen MR) is 64.8 cm³/mol. The molecule has 0 aromatic heterocycles. The number of carbonyl (C=O) groups is 1. The third-order valence-corrected chi connectivity index (χ3v) is 3.62. The molecular formula is C10H18INO2. The monoisotopic (exact) mass is 311 g/mol. The molecule has 0 unspecified atom stereocenters. The van der Waals surface area contributed by atoms with E-state index in [9.17, 15) is 4.79 Å². The summed E-state index contributed by atoms with van der Waals surface area (Å²) in [4.78, 5) is 11.4. The molecule has 82 valence electrons. The number of halogens is 1. The van der Waals surface area contributed by atoms with E-state index in [1.807, 2.05) is 20.8 Å². The molecule has 4 heteroatoms. The molecule has 1 aliphatic carbocycles. The van der Waals surface area contributed by atoms with Crippen LogP contribution in [0, 0.1) is 0 Å². The van der Waals surface area contributed by atoms with E-state index in [1.165, 1.54) is 12.8 Å². The minimum Gasteiger partial charge on any atom is -0.444 e. The summed E-state index contributed by atoms with van der Waals surface area (Å²) in [6, 6.07) is 0.297. The van der Waals surface area contributed by atoms with Crippen molar-refractivity contribution in [1.29, 1.82) is 0 Å². The molecule has 1 aliphatic rings. The van der Waals surface area contributed by atoms with E-state index in [0.29, 0.717) is 9.97 Å². The van der Waals surface area contributed by atoms with Gasteiger partial charge in [0.1, 0.15) is 5.60 Å². The van der Waals surface area contributed by atoms with E-state index in [4.69, 9.17) is 4.74 Å². The first kappa shape index (κ1) is 12.1. The van der Waals surface area contributed by atoms with Gasteiger partial charge in [0.2, 0.25) is 0 Å². The molecule has 0 aliphatic heterocycles. The number of rotatable bonds is 1. The minimum atomic E-state index is -0.399. The zero-order valence-corrected chi connectivity index (χ0v) is 11.1. The van der Waals surface area contributed by atoms with Crippen LogP contribution < -0.4 is 5.32 Å². The van der Waals surface area contributed by atoms with Crippen LogP contribution in [0.2, 0.25) is 0 Å². The molecule has 0 aromatic rings.